The summed E-state index contributed by atoms with van der Waals surface area (Å²) in [6, 6.07) is 0. The normalized spacial score (nSPS) is 11.4. The number of hydrogen-bond donors (Lipinski definition) is 1. The molecule has 0 amide bonds. The van der Waals surface area contributed by atoms with E-state index in [0.717, 1.165) is 23.3 Å². The molecular weight excluding hydrogens is 172 g/mol. The molecule has 0 radical (unpaired) electrons. The van der Waals surface area contributed by atoms with Crippen molar-refractivity contribution in [2.75, 3.05) is 14.1 Å². The molecule has 0 bridgehead atoms. The Kier molecular flexibility index (Phi) is 6.12. The molecule has 0 heterocycles. The Hall–Kier alpha value is -1.57. The topological polar surface area (TPSA) is 24.4 Å². The summed E-state index contributed by atoms with van der Waals surface area (Å²) in [5, 5.41) is 3.05. The first-order chi connectivity index (χ1) is 6.67. The third-order valence-electron chi connectivity index (χ3n) is 1.80. The number of nitrogens with zero attached hydrogens (tertiary/aromatic N) is 1. The van der Waals surface area contributed by atoms with Crippen molar-refractivity contribution in [1.82, 2.24) is 5.32 Å². The van der Waals surface area contributed by atoms with E-state index >= 15 is 0 Å². The summed E-state index contributed by atoms with van der Waals surface area (Å²) in [4.78, 5) is 3.88. The minimum Gasteiger partial charge on any atom is -0.388 e. The number of nitrogens with one attached hydrogen (secondary N) is 1. The van der Waals surface area contributed by atoms with Gasteiger partial charge in [0.25, 0.3) is 0 Å². The van der Waals surface area contributed by atoms with E-state index in [1.54, 1.807) is 13.3 Å². The second-order valence-electron chi connectivity index (χ2n) is 2.81. The molecule has 1 N–H and O–H groups in total. The van der Waals surface area contributed by atoms with Gasteiger partial charge in [0.1, 0.15) is 0 Å². The standard InChI is InChI=1S/C12H18N2/c1-6-7-10(2)11(3)12(14-5)8-9-13-4/h6,8-9,14H,1-3,7H2,4-5H3/b12-8+,13-9?. The Labute approximate surface area is 86.4 Å². The van der Waals surface area contributed by atoms with Crippen LogP contribution in [0.1, 0.15) is 6.42 Å². The van der Waals surface area contributed by atoms with Gasteiger partial charge in [0.05, 0.1) is 0 Å². The summed E-state index contributed by atoms with van der Waals surface area (Å²) >= 11 is 0. The van der Waals surface area contributed by atoms with Gasteiger partial charge in [0.2, 0.25) is 0 Å². The smallest absolute Gasteiger partial charge is 0.0423 e. The highest BCUT2D eigenvalue weighted by molar-refractivity contribution is 5.74. The van der Waals surface area contributed by atoms with Gasteiger partial charge in [0, 0.05) is 26.0 Å². The van der Waals surface area contributed by atoms with Gasteiger partial charge in [0.15, 0.2) is 0 Å². The highest BCUT2D eigenvalue weighted by atomic mass is 14.8. The summed E-state index contributed by atoms with van der Waals surface area (Å²) in [6.07, 6.45) is 6.16. The SMILES string of the molecule is C=CCC(=C)C(=C)/C(=C\C=NC)NC. The lowest BCUT2D eigenvalue weighted by Gasteiger charge is -2.10. The molecule has 0 unspecified atom stereocenters. The molecule has 0 aliphatic heterocycles. The van der Waals surface area contributed by atoms with Gasteiger partial charge in [-0.25, -0.2) is 0 Å². The highest BCUT2D eigenvalue weighted by Crippen LogP contribution is 2.16. The van der Waals surface area contributed by atoms with Crippen molar-refractivity contribution < 1.29 is 0 Å². The second-order valence-corrected chi connectivity index (χ2v) is 2.81. The summed E-state index contributed by atoms with van der Waals surface area (Å²) in [7, 11) is 3.58. The lowest BCUT2D eigenvalue weighted by atomic mass is 10.0. The van der Waals surface area contributed by atoms with E-state index in [2.05, 4.69) is 30.0 Å². The zero-order valence-electron chi connectivity index (χ0n) is 9.01. The molecule has 0 fully saturated rings. The molecule has 2 heteroatoms. The molecule has 76 valence electrons. The number of allylic oxidation sites excluding steroid dienone is 3. The summed E-state index contributed by atoms with van der Waals surface area (Å²) in [5.74, 6) is 0. The molecule has 0 spiro atoms. The van der Waals surface area contributed by atoms with Crippen molar-refractivity contribution in [1.29, 1.82) is 0 Å². The number of hydrogen-bond acceptors (Lipinski definition) is 2. The molecule has 0 aromatic heterocycles. The molecule has 0 aliphatic carbocycles. The first-order valence-corrected chi connectivity index (χ1v) is 4.45. The molecule has 0 aliphatic rings. The van der Waals surface area contributed by atoms with Crippen molar-refractivity contribution >= 4 is 6.21 Å². The van der Waals surface area contributed by atoms with Crippen molar-refractivity contribution in [3.63, 3.8) is 0 Å². The molecule has 0 rings (SSSR count). The first kappa shape index (κ1) is 12.4. The van der Waals surface area contributed by atoms with E-state index in [1.165, 1.54) is 0 Å². The van der Waals surface area contributed by atoms with Crippen molar-refractivity contribution in [3.05, 3.63) is 48.7 Å². The molecule has 0 aromatic carbocycles. The second kappa shape index (κ2) is 6.89. The Bertz CT molecular complexity index is 283. The molecule has 0 aromatic rings. The molecule has 0 saturated carbocycles. The lowest BCUT2D eigenvalue weighted by molar-refractivity contribution is 1.00. The maximum atomic E-state index is 3.96. The van der Waals surface area contributed by atoms with Gasteiger partial charge in [-0.05, 0) is 23.6 Å². The Morgan fingerprint density at radius 2 is 2.07 bits per heavy atom. The van der Waals surface area contributed by atoms with Crippen LogP contribution in [-0.4, -0.2) is 20.3 Å². The Morgan fingerprint density at radius 1 is 1.43 bits per heavy atom. The monoisotopic (exact) mass is 190 g/mol. The molecule has 0 atom stereocenters. The van der Waals surface area contributed by atoms with E-state index in [9.17, 15) is 0 Å². The van der Waals surface area contributed by atoms with Crippen molar-refractivity contribution in [2.45, 2.75) is 6.42 Å². The van der Waals surface area contributed by atoms with Crippen LogP contribution in [0, 0.1) is 0 Å². The molecule has 0 saturated heterocycles. The van der Waals surface area contributed by atoms with Gasteiger partial charge in [-0.2, -0.15) is 0 Å². The largest absolute Gasteiger partial charge is 0.388 e. The predicted molar refractivity (Wildman–Crippen MR) is 64.7 cm³/mol. The minimum absolute atomic E-state index is 0.751. The fourth-order valence-electron chi connectivity index (χ4n) is 0.972. The van der Waals surface area contributed by atoms with E-state index in [-0.39, 0.29) is 0 Å². The quantitative estimate of drug-likeness (QED) is 0.388. The van der Waals surface area contributed by atoms with E-state index in [1.807, 2.05) is 19.2 Å². The fraction of sp³-hybridized carbons (Fsp3) is 0.250. The molecule has 2 nitrogen and oxygen atoms in total. The van der Waals surface area contributed by atoms with E-state index in [0.29, 0.717) is 0 Å². The number of rotatable bonds is 6. The van der Waals surface area contributed by atoms with Crippen molar-refractivity contribution in [3.8, 4) is 0 Å². The van der Waals surface area contributed by atoms with Crippen LogP contribution in [0.15, 0.2) is 53.7 Å². The first-order valence-electron chi connectivity index (χ1n) is 4.45. The highest BCUT2D eigenvalue weighted by Gasteiger charge is 2.02. The average molecular weight is 190 g/mol. The lowest BCUT2D eigenvalue weighted by Crippen LogP contribution is -2.09. The van der Waals surface area contributed by atoms with Crippen LogP contribution in [0.2, 0.25) is 0 Å². The third-order valence-corrected chi connectivity index (χ3v) is 1.80. The summed E-state index contributed by atoms with van der Waals surface area (Å²) in [6.45, 7) is 11.5. The Morgan fingerprint density at radius 3 is 2.50 bits per heavy atom. The zero-order valence-corrected chi connectivity index (χ0v) is 9.01. The van der Waals surface area contributed by atoms with E-state index < -0.39 is 0 Å². The maximum absolute atomic E-state index is 3.96. The van der Waals surface area contributed by atoms with Gasteiger partial charge in [-0.15, -0.1) is 6.58 Å². The number of aliphatic imine (C=N–C) groups is 1. The van der Waals surface area contributed by atoms with Crippen LogP contribution < -0.4 is 5.32 Å². The van der Waals surface area contributed by atoms with Crippen LogP contribution >= 0.6 is 0 Å². The van der Waals surface area contributed by atoms with Gasteiger partial charge in [-0.3, -0.25) is 4.99 Å². The van der Waals surface area contributed by atoms with Crippen LogP contribution in [0.25, 0.3) is 0 Å². The minimum atomic E-state index is 0.751. The predicted octanol–water partition coefficient (Wildman–Crippen LogP) is 2.48. The van der Waals surface area contributed by atoms with Gasteiger partial charge in [-0.1, -0.05) is 19.2 Å². The van der Waals surface area contributed by atoms with Crippen LogP contribution in [0.4, 0.5) is 0 Å². The van der Waals surface area contributed by atoms with Gasteiger partial charge < -0.3 is 5.32 Å². The van der Waals surface area contributed by atoms with Gasteiger partial charge >= 0.3 is 0 Å². The Balaban J connectivity index is 4.61. The summed E-state index contributed by atoms with van der Waals surface area (Å²) < 4.78 is 0. The molecule has 14 heavy (non-hydrogen) atoms. The molecular formula is C12H18N2. The number of likely N-dealkylation sites (N-methyl/N-ethyl adjacent to an activating group) is 1. The van der Waals surface area contributed by atoms with E-state index in [4.69, 9.17) is 0 Å². The zero-order chi connectivity index (χ0) is 11.0. The van der Waals surface area contributed by atoms with Crippen molar-refractivity contribution in [2.24, 2.45) is 4.99 Å². The summed E-state index contributed by atoms with van der Waals surface area (Å²) in [5.41, 5.74) is 2.79. The average Bonchev–Trinajstić information content (AvgIpc) is 2.19. The third kappa shape index (κ3) is 3.90. The van der Waals surface area contributed by atoms with Crippen LogP contribution in [0.5, 0.6) is 0 Å². The fourth-order valence-corrected chi connectivity index (χ4v) is 0.972. The maximum Gasteiger partial charge on any atom is 0.0423 e. The van der Waals surface area contributed by atoms with Crippen LogP contribution in [-0.2, 0) is 0 Å². The van der Waals surface area contributed by atoms with Crippen LogP contribution in [0.3, 0.4) is 0 Å².